The normalized spacial score (nSPS) is 18.2. The molecule has 1 aromatic carbocycles. The lowest BCUT2D eigenvalue weighted by molar-refractivity contribution is -0.131. The fourth-order valence-electron chi connectivity index (χ4n) is 4.10. The molecule has 0 bridgehead atoms. The SMILES string of the molecule is CC(NC(=O)c1ccc2[nH]c3c(c2c1)CCCC3)C(=O)N1CCCC1. The molecule has 0 spiro atoms. The highest BCUT2D eigenvalue weighted by Crippen LogP contribution is 2.29. The van der Waals surface area contributed by atoms with E-state index in [2.05, 4.69) is 10.3 Å². The molecule has 1 aliphatic heterocycles. The van der Waals surface area contributed by atoms with E-state index in [0.29, 0.717) is 5.56 Å². The zero-order valence-corrected chi connectivity index (χ0v) is 14.7. The molecular weight excluding hydrogens is 314 g/mol. The van der Waals surface area contributed by atoms with E-state index in [1.165, 1.54) is 24.1 Å². The number of benzene rings is 1. The van der Waals surface area contributed by atoms with Crippen molar-refractivity contribution in [3.63, 3.8) is 0 Å². The minimum Gasteiger partial charge on any atom is -0.358 e. The molecule has 1 aromatic heterocycles. The van der Waals surface area contributed by atoms with E-state index in [9.17, 15) is 9.59 Å². The third-order valence-corrected chi connectivity index (χ3v) is 5.50. The number of likely N-dealkylation sites (tertiary alicyclic amines) is 1. The van der Waals surface area contributed by atoms with Gasteiger partial charge in [0.15, 0.2) is 0 Å². The van der Waals surface area contributed by atoms with Crippen LogP contribution in [0.1, 0.15) is 54.2 Å². The predicted molar refractivity (Wildman–Crippen MR) is 97.7 cm³/mol. The Morgan fingerprint density at radius 3 is 2.68 bits per heavy atom. The average molecular weight is 339 g/mol. The number of carbonyl (C=O) groups is 2. The van der Waals surface area contributed by atoms with Crippen LogP contribution in [-0.4, -0.2) is 40.8 Å². The molecule has 5 nitrogen and oxygen atoms in total. The van der Waals surface area contributed by atoms with Crippen LogP contribution in [0.25, 0.3) is 10.9 Å². The van der Waals surface area contributed by atoms with Crippen molar-refractivity contribution >= 4 is 22.7 Å². The molecule has 0 radical (unpaired) electrons. The monoisotopic (exact) mass is 339 g/mol. The second-order valence-corrected chi connectivity index (χ2v) is 7.28. The number of hydrogen-bond acceptors (Lipinski definition) is 2. The van der Waals surface area contributed by atoms with Gasteiger partial charge >= 0.3 is 0 Å². The van der Waals surface area contributed by atoms with Crippen LogP contribution < -0.4 is 5.32 Å². The molecule has 1 saturated heterocycles. The maximum absolute atomic E-state index is 12.6. The van der Waals surface area contributed by atoms with Gasteiger partial charge in [0.05, 0.1) is 0 Å². The van der Waals surface area contributed by atoms with E-state index in [4.69, 9.17) is 0 Å². The summed E-state index contributed by atoms with van der Waals surface area (Å²) < 4.78 is 0. The summed E-state index contributed by atoms with van der Waals surface area (Å²) >= 11 is 0. The van der Waals surface area contributed by atoms with Gasteiger partial charge in [-0.05, 0) is 69.2 Å². The number of hydrogen-bond donors (Lipinski definition) is 2. The van der Waals surface area contributed by atoms with Gasteiger partial charge in [-0.1, -0.05) is 0 Å². The molecule has 2 amide bonds. The summed E-state index contributed by atoms with van der Waals surface area (Å²) in [4.78, 5) is 30.3. The number of nitrogens with one attached hydrogen (secondary N) is 2. The third kappa shape index (κ3) is 3.03. The molecule has 2 N–H and O–H groups in total. The van der Waals surface area contributed by atoms with Gasteiger partial charge in [-0.3, -0.25) is 9.59 Å². The Balaban J connectivity index is 1.52. The largest absolute Gasteiger partial charge is 0.358 e. The van der Waals surface area contributed by atoms with Crippen LogP contribution >= 0.6 is 0 Å². The van der Waals surface area contributed by atoms with Gasteiger partial charge in [-0.25, -0.2) is 0 Å². The Morgan fingerprint density at radius 2 is 1.88 bits per heavy atom. The molecule has 132 valence electrons. The standard InChI is InChI=1S/C20H25N3O2/c1-13(20(25)23-10-4-5-11-23)21-19(24)14-8-9-18-16(12-14)15-6-2-3-7-17(15)22-18/h8-9,12-13,22H,2-7,10-11H2,1H3,(H,21,24). The van der Waals surface area contributed by atoms with Gasteiger partial charge in [-0.2, -0.15) is 0 Å². The predicted octanol–water partition coefficient (Wildman–Crippen LogP) is 2.79. The summed E-state index contributed by atoms with van der Waals surface area (Å²) in [6, 6.07) is 5.31. The summed E-state index contributed by atoms with van der Waals surface area (Å²) in [7, 11) is 0. The van der Waals surface area contributed by atoms with Crippen molar-refractivity contribution in [2.45, 2.75) is 51.5 Å². The number of amides is 2. The average Bonchev–Trinajstić information content (AvgIpc) is 3.28. The minimum atomic E-state index is -0.485. The van der Waals surface area contributed by atoms with Crippen LogP contribution in [0.2, 0.25) is 0 Å². The van der Waals surface area contributed by atoms with Gasteiger partial charge < -0.3 is 15.2 Å². The molecule has 1 fully saturated rings. The van der Waals surface area contributed by atoms with Crippen molar-refractivity contribution in [1.82, 2.24) is 15.2 Å². The number of aromatic amines is 1. The Hall–Kier alpha value is -2.30. The first-order valence-electron chi connectivity index (χ1n) is 9.36. The summed E-state index contributed by atoms with van der Waals surface area (Å²) in [5.41, 5.74) is 4.40. The number of aryl methyl sites for hydroxylation is 2. The lowest BCUT2D eigenvalue weighted by Gasteiger charge is -2.21. The smallest absolute Gasteiger partial charge is 0.251 e. The summed E-state index contributed by atoms with van der Waals surface area (Å²) in [6.07, 6.45) is 6.71. The van der Waals surface area contributed by atoms with Crippen molar-refractivity contribution in [3.8, 4) is 0 Å². The number of rotatable bonds is 3. The number of fused-ring (bicyclic) bond motifs is 3. The van der Waals surface area contributed by atoms with E-state index in [1.54, 1.807) is 6.92 Å². The maximum atomic E-state index is 12.6. The molecule has 2 aliphatic rings. The Kier molecular flexibility index (Phi) is 4.24. The molecule has 0 saturated carbocycles. The number of aromatic nitrogens is 1. The molecular formula is C20H25N3O2. The first kappa shape index (κ1) is 16.2. The second-order valence-electron chi connectivity index (χ2n) is 7.28. The van der Waals surface area contributed by atoms with E-state index in [-0.39, 0.29) is 11.8 Å². The molecule has 2 aromatic rings. The first-order valence-corrected chi connectivity index (χ1v) is 9.36. The van der Waals surface area contributed by atoms with E-state index in [1.807, 2.05) is 23.1 Å². The van der Waals surface area contributed by atoms with E-state index >= 15 is 0 Å². The van der Waals surface area contributed by atoms with Crippen LogP contribution in [0.15, 0.2) is 18.2 Å². The Morgan fingerprint density at radius 1 is 1.12 bits per heavy atom. The van der Waals surface area contributed by atoms with Gasteiger partial charge in [0, 0.05) is 35.2 Å². The van der Waals surface area contributed by atoms with E-state index < -0.39 is 6.04 Å². The highest BCUT2D eigenvalue weighted by molar-refractivity contribution is 6.01. The van der Waals surface area contributed by atoms with Gasteiger partial charge in [0.25, 0.3) is 5.91 Å². The van der Waals surface area contributed by atoms with Crippen LogP contribution in [0.5, 0.6) is 0 Å². The molecule has 25 heavy (non-hydrogen) atoms. The van der Waals surface area contributed by atoms with Crippen molar-refractivity contribution < 1.29 is 9.59 Å². The quantitative estimate of drug-likeness (QED) is 0.903. The second kappa shape index (κ2) is 6.54. The number of H-pyrrole nitrogens is 1. The number of carbonyl (C=O) groups excluding carboxylic acids is 2. The molecule has 2 heterocycles. The molecule has 5 heteroatoms. The molecule has 1 aliphatic carbocycles. The molecule has 4 rings (SSSR count). The van der Waals surface area contributed by atoms with Crippen LogP contribution in [-0.2, 0) is 17.6 Å². The van der Waals surface area contributed by atoms with Gasteiger partial charge in [-0.15, -0.1) is 0 Å². The van der Waals surface area contributed by atoms with Gasteiger partial charge in [0.1, 0.15) is 6.04 Å². The Labute approximate surface area is 147 Å². The zero-order chi connectivity index (χ0) is 17.4. The third-order valence-electron chi connectivity index (χ3n) is 5.50. The maximum Gasteiger partial charge on any atom is 0.251 e. The first-order chi connectivity index (χ1) is 12.1. The van der Waals surface area contributed by atoms with Crippen molar-refractivity contribution in [3.05, 3.63) is 35.0 Å². The topological polar surface area (TPSA) is 65.2 Å². The van der Waals surface area contributed by atoms with E-state index in [0.717, 1.165) is 49.7 Å². The molecule has 1 unspecified atom stereocenters. The highest BCUT2D eigenvalue weighted by Gasteiger charge is 2.25. The van der Waals surface area contributed by atoms with Crippen LogP contribution in [0, 0.1) is 0 Å². The number of nitrogens with zero attached hydrogens (tertiary/aromatic N) is 1. The lowest BCUT2D eigenvalue weighted by Crippen LogP contribution is -2.45. The summed E-state index contributed by atoms with van der Waals surface area (Å²) in [5, 5.41) is 4.02. The zero-order valence-electron chi connectivity index (χ0n) is 14.7. The molecule has 1 atom stereocenters. The van der Waals surface area contributed by atoms with Crippen molar-refractivity contribution in [2.24, 2.45) is 0 Å². The summed E-state index contributed by atoms with van der Waals surface area (Å²) in [5.74, 6) is -0.154. The fraction of sp³-hybridized carbons (Fsp3) is 0.500. The fourth-order valence-corrected chi connectivity index (χ4v) is 4.10. The van der Waals surface area contributed by atoms with Crippen molar-refractivity contribution in [1.29, 1.82) is 0 Å². The van der Waals surface area contributed by atoms with Crippen molar-refractivity contribution in [2.75, 3.05) is 13.1 Å². The summed E-state index contributed by atoms with van der Waals surface area (Å²) in [6.45, 7) is 3.39. The van der Waals surface area contributed by atoms with Crippen LogP contribution in [0.3, 0.4) is 0 Å². The lowest BCUT2D eigenvalue weighted by atomic mass is 9.95. The minimum absolute atomic E-state index is 0.0194. The highest BCUT2D eigenvalue weighted by atomic mass is 16.2. The van der Waals surface area contributed by atoms with Crippen LogP contribution in [0.4, 0.5) is 0 Å². The van der Waals surface area contributed by atoms with Gasteiger partial charge in [0.2, 0.25) is 5.91 Å². The Bertz CT molecular complexity index is 818.